The molecular formula is C13H11NOS. The first kappa shape index (κ1) is 9.60. The number of pyridine rings is 1. The first-order valence-corrected chi connectivity index (χ1v) is 5.69. The van der Waals surface area contributed by atoms with E-state index in [0.717, 1.165) is 34.5 Å². The Morgan fingerprint density at radius 3 is 3.06 bits per heavy atom. The summed E-state index contributed by atoms with van der Waals surface area (Å²) < 4.78 is 6.51. The van der Waals surface area contributed by atoms with Gasteiger partial charge in [-0.05, 0) is 23.8 Å². The van der Waals surface area contributed by atoms with Crippen LogP contribution in [0.5, 0.6) is 5.75 Å². The molecule has 3 rings (SSSR count). The number of aromatic amines is 1. The quantitative estimate of drug-likeness (QED) is 0.759. The molecule has 80 valence electrons. The number of fused-ring (bicyclic) bond motifs is 1. The highest BCUT2D eigenvalue weighted by Gasteiger charge is 2.16. The number of rotatable bonds is 1. The van der Waals surface area contributed by atoms with E-state index >= 15 is 0 Å². The maximum absolute atomic E-state index is 5.67. The second-order valence-electron chi connectivity index (χ2n) is 3.83. The minimum Gasteiger partial charge on any atom is -0.492 e. The summed E-state index contributed by atoms with van der Waals surface area (Å²) in [7, 11) is 0. The minimum atomic E-state index is 0.778. The molecule has 0 unspecified atom stereocenters. The van der Waals surface area contributed by atoms with Gasteiger partial charge in [0, 0.05) is 22.7 Å². The van der Waals surface area contributed by atoms with E-state index in [-0.39, 0.29) is 0 Å². The van der Waals surface area contributed by atoms with E-state index in [1.54, 1.807) is 0 Å². The molecule has 16 heavy (non-hydrogen) atoms. The number of nitrogens with one attached hydrogen (secondary N) is 1. The lowest BCUT2D eigenvalue weighted by Gasteiger charge is -2.07. The van der Waals surface area contributed by atoms with E-state index in [0.29, 0.717) is 0 Å². The molecule has 0 aliphatic carbocycles. The van der Waals surface area contributed by atoms with Crippen LogP contribution in [-0.4, -0.2) is 11.6 Å². The van der Waals surface area contributed by atoms with Gasteiger partial charge in [-0.2, -0.15) is 0 Å². The summed E-state index contributed by atoms with van der Waals surface area (Å²) in [6.45, 7) is 0.778. The smallest absolute Gasteiger partial charge is 0.131 e. The van der Waals surface area contributed by atoms with Crippen LogP contribution < -0.4 is 4.74 Å². The van der Waals surface area contributed by atoms with Gasteiger partial charge < -0.3 is 9.72 Å². The predicted octanol–water partition coefficient (Wildman–Crippen LogP) is 3.35. The molecule has 0 fully saturated rings. The largest absolute Gasteiger partial charge is 0.492 e. The lowest BCUT2D eigenvalue weighted by Crippen LogP contribution is -1.90. The first-order chi connectivity index (χ1) is 7.84. The van der Waals surface area contributed by atoms with Gasteiger partial charge in [0.2, 0.25) is 0 Å². The molecule has 0 bridgehead atoms. The average Bonchev–Trinajstić information content (AvgIpc) is 2.76. The Hall–Kier alpha value is -1.61. The van der Waals surface area contributed by atoms with E-state index in [9.17, 15) is 0 Å². The second-order valence-corrected chi connectivity index (χ2v) is 4.30. The van der Waals surface area contributed by atoms with Crippen molar-refractivity contribution < 1.29 is 4.74 Å². The molecule has 1 aliphatic heterocycles. The molecule has 2 aromatic rings. The second kappa shape index (κ2) is 3.76. The standard InChI is InChI=1S/C13H11NOS/c16-10-4-6-14-12(8-10)11-3-1-2-9-5-7-15-13(9)11/h1-4,6,8H,5,7H2,(H,14,16). The van der Waals surface area contributed by atoms with Gasteiger partial charge in [0.05, 0.1) is 12.3 Å². The molecule has 0 spiro atoms. The summed E-state index contributed by atoms with van der Waals surface area (Å²) >= 11 is 5.17. The Balaban J connectivity index is 2.21. The third kappa shape index (κ3) is 1.53. The number of hydrogen-bond acceptors (Lipinski definition) is 2. The van der Waals surface area contributed by atoms with Crippen LogP contribution in [0.4, 0.5) is 0 Å². The molecule has 2 heterocycles. The van der Waals surface area contributed by atoms with E-state index in [1.165, 1.54) is 5.56 Å². The van der Waals surface area contributed by atoms with Crippen molar-refractivity contribution in [3.8, 4) is 17.0 Å². The lowest BCUT2D eigenvalue weighted by molar-refractivity contribution is 0.358. The van der Waals surface area contributed by atoms with E-state index in [1.807, 2.05) is 18.3 Å². The summed E-state index contributed by atoms with van der Waals surface area (Å²) in [4.78, 5) is 3.21. The molecule has 0 saturated heterocycles. The monoisotopic (exact) mass is 229 g/mol. The van der Waals surface area contributed by atoms with Gasteiger partial charge in [0.1, 0.15) is 5.75 Å². The van der Waals surface area contributed by atoms with Gasteiger partial charge in [-0.1, -0.05) is 24.4 Å². The lowest BCUT2D eigenvalue weighted by atomic mass is 10.1. The maximum Gasteiger partial charge on any atom is 0.131 e. The van der Waals surface area contributed by atoms with Crippen molar-refractivity contribution in [2.45, 2.75) is 6.42 Å². The number of benzene rings is 1. The molecular weight excluding hydrogens is 218 g/mol. The molecule has 0 atom stereocenters. The number of para-hydroxylation sites is 1. The zero-order valence-electron chi connectivity index (χ0n) is 8.69. The van der Waals surface area contributed by atoms with Crippen LogP contribution in [0.15, 0.2) is 36.5 Å². The van der Waals surface area contributed by atoms with Crippen LogP contribution >= 0.6 is 12.2 Å². The number of ether oxygens (including phenoxy) is 1. The topological polar surface area (TPSA) is 25.0 Å². The summed E-state index contributed by atoms with van der Waals surface area (Å²) in [5.41, 5.74) is 3.40. The number of H-pyrrole nitrogens is 1. The zero-order chi connectivity index (χ0) is 11.0. The Morgan fingerprint density at radius 1 is 1.25 bits per heavy atom. The van der Waals surface area contributed by atoms with Crippen molar-refractivity contribution in [3.63, 3.8) is 0 Å². The molecule has 3 heteroatoms. The molecule has 0 amide bonds. The van der Waals surface area contributed by atoms with Gasteiger partial charge in [-0.15, -0.1) is 0 Å². The van der Waals surface area contributed by atoms with Gasteiger partial charge in [-0.25, -0.2) is 0 Å². The molecule has 0 saturated carbocycles. The van der Waals surface area contributed by atoms with Gasteiger partial charge in [-0.3, -0.25) is 0 Å². The maximum atomic E-state index is 5.67. The van der Waals surface area contributed by atoms with Crippen LogP contribution in [0.25, 0.3) is 11.3 Å². The van der Waals surface area contributed by atoms with Gasteiger partial charge in [0.15, 0.2) is 0 Å². The summed E-state index contributed by atoms with van der Waals surface area (Å²) in [6.07, 6.45) is 2.86. The van der Waals surface area contributed by atoms with Crippen molar-refractivity contribution >= 4 is 12.2 Å². The number of hydrogen-bond donors (Lipinski definition) is 1. The summed E-state index contributed by atoms with van der Waals surface area (Å²) in [5.74, 6) is 0.999. The third-order valence-electron chi connectivity index (χ3n) is 2.78. The van der Waals surface area contributed by atoms with Crippen molar-refractivity contribution in [3.05, 3.63) is 46.6 Å². The predicted molar refractivity (Wildman–Crippen MR) is 66.3 cm³/mol. The van der Waals surface area contributed by atoms with Gasteiger partial charge in [0.25, 0.3) is 0 Å². The molecule has 1 N–H and O–H groups in total. The van der Waals surface area contributed by atoms with Crippen LogP contribution in [0, 0.1) is 4.51 Å². The van der Waals surface area contributed by atoms with E-state index in [2.05, 4.69) is 23.2 Å². The average molecular weight is 229 g/mol. The van der Waals surface area contributed by atoms with E-state index in [4.69, 9.17) is 17.0 Å². The SMILES string of the molecule is S=c1cc[nH]c(-c2cccc3c2OCC3)c1. The van der Waals surface area contributed by atoms with Crippen LogP contribution in [0.1, 0.15) is 5.56 Å². The fraction of sp³-hybridized carbons (Fsp3) is 0.154. The van der Waals surface area contributed by atoms with Crippen molar-refractivity contribution in [2.75, 3.05) is 6.61 Å². The highest BCUT2D eigenvalue weighted by molar-refractivity contribution is 7.71. The van der Waals surface area contributed by atoms with Crippen LogP contribution in [-0.2, 0) is 6.42 Å². The fourth-order valence-corrected chi connectivity index (χ4v) is 2.21. The highest BCUT2D eigenvalue weighted by atomic mass is 32.1. The summed E-state index contributed by atoms with van der Waals surface area (Å²) in [5, 5.41) is 0. The van der Waals surface area contributed by atoms with Crippen molar-refractivity contribution in [1.29, 1.82) is 0 Å². The molecule has 1 aromatic carbocycles. The third-order valence-corrected chi connectivity index (χ3v) is 3.03. The first-order valence-electron chi connectivity index (χ1n) is 5.28. The van der Waals surface area contributed by atoms with Crippen molar-refractivity contribution in [2.24, 2.45) is 0 Å². The fourth-order valence-electron chi connectivity index (χ4n) is 2.03. The van der Waals surface area contributed by atoms with Crippen LogP contribution in [0.2, 0.25) is 0 Å². The Bertz CT molecular complexity index is 588. The Labute approximate surface area is 98.9 Å². The zero-order valence-corrected chi connectivity index (χ0v) is 9.51. The molecule has 1 aromatic heterocycles. The number of aromatic nitrogens is 1. The Morgan fingerprint density at radius 2 is 2.19 bits per heavy atom. The van der Waals surface area contributed by atoms with Crippen molar-refractivity contribution in [1.82, 2.24) is 4.98 Å². The highest BCUT2D eigenvalue weighted by Crippen LogP contribution is 2.35. The normalized spacial score (nSPS) is 13.2. The molecule has 1 aliphatic rings. The minimum absolute atomic E-state index is 0.778. The van der Waals surface area contributed by atoms with Crippen LogP contribution in [0.3, 0.4) is 0 Å². The molecule has 0 radical (unpaired) electrons. The summed E-state index contributed by atoms with van der Waals surface area (Å²) in [6, 6.07) is 10.1. The van der Waals surface area contributed by atoms with Gasteiger partial charge >= 0.3 is 0 Å². The Kier molecular flexibility index (Phi) is 2.26. The molecule has 2 nitrogen and oxygen atoms in total. The van der Waals surface area contributed by atoms with E-state index < -0.39 is 0 Å².